The van der Waals surface area contributed by atoms with Crippen molar-refractivity contribution in [3.8, 4) is 0 Å². The van der Waals surface area contributed by atoms with E-state index in [0.29, 0.717) is 10.0 Å². The van der Waals surface area contributed by atoms with Gasteiger partial charge in [-0.15, -0.1) is 0 Å². The fourth-order valence-corrected chi connectivity index (χ4v) is 2.54. The summed E-state index contributed by atoms with van der Waals surface area (Å²) in [5, 5.41) is 1.17. The molecule has 0 unspecified atom stereocenters. The van der Waals surface area contributed by atoms with Crippen LogP contribution in [0.4, 0.5) is 0 Å². The molecule has 1 aromatic heterocycles. The lowest BCUT2D eigenvalue weighted by atomic mass is 10.2. The van der Waals surface area contributed by atoms with Gasteiger partial charge in [0.15, 0.2) is 0 Å². The summed E-state index contributed by atoms with van der Waals surface area (Å²) >= 11 is 12.0. The molecule has 2 aromatic carbocycles. The van der Waals surface area contributed by atoms with E-state index in [4.69, 9.17) is 23.2 Å². The number of hydrogen-bond acceptors (Lipinski definition) is 1. The highest BCUT2D eigenvalue weighted by Gasteiger charge is 2.08. The largest absolute Gasteiger partial charge is 0.324 e. The van der Waals surface area contributed by atoms with E-state index in [9.17, 15) is 0 Å². The molecule has 0 saturated carbocycles. The third-order valence-electron chi connectivity index (χ3n) is 3.17. The Hall–Kier alpha value is -1.51. The normalized spacial score (nSPS) is 11.1. The van der Waals surface area contributed by atoms with Crippen LogP contribution in [0.2, 0.25) is 10.0 Å². The molecule has 0 saturated heterocycles. The number of aryl methyl sites for hydroxylation is 1. The van der Waals surface area contributed by atoms with Gasteiger partial charge < -0.3 is 4.57 Å². The molecule has 0 aliphatic heterocycles. The summed E-state index contributed by atoms with van der Waals surface area (Å²) in [5.74, 6) is 0.993. The molecular weight excluding hydrogens is 279 g/mol. The van der Waals surface area contributed by atoms with Gasteiger partial charge in [-0.2, -0.15) is 0 Å². The van der Waals surface area contributed by atoms with Gasteiger partial charge in [0.25, 0.3) is 0 Å². The number of hydrogen-bond donors (Lipinski definition) is 0. The number of halogens is 2. The third-order valence-corrected chi connectivity index (χ3v) is 3.91. The van der Waals surface area contributed by atoms with Crippen molar-refractivity contribution in [1.29, 1.82) is 0 Å². The van der Waals surface area contributed by atoms with Gasteiger partial charge in [-0.05, 0) is 36.8 Å². The van der Waals surface area contributed by atoms with E-state index in [2.05, 4.69) is 15.6 Å². The maximum absolute atomic E-state index is 6.06. The predicted octanol–water partition coefficient (Wildman–Crippen LogP) is 4.70. The van der Waals surface area contributed by atoms with E-state index in [1.54, 1.807) is 0 Å². The average Bonchev–Trinajstić information content (AvgIpc) is 2.71. The topological polar surface area (TPSA) is 17.8 Å². The molecule has 4 heteroatoms. The molecular formula is C15H12Cl2N2. The smallest absolute Gasteiger partial charge is 0.107 e. The summed E-state index contributed by atoms with van der Waals surface area (Å²) in [7, 11) is 0. The van der Waals surface area contributed by atoms with Gasteiger partial charge in [-0.3, -0.25) is 0 Å². The van der Waals surface area contributed by atoms with E-state index in [0.717, 1.165) is 29.0 Å². The van der Waals surface area contributed by atoms with Crippen molar-refractivity contribution in [2.45, 2.75) is 13.5 Å². The van der Waals surface area contributed by atoms with E-state index in [1.165, 1.54) is 0 Å². The van der Waals surface area contributed by atoms with Crippen LogP contribution in [0.3, 0.4) is 0 Å². The maximum Gasteiger partial charge on any atom is 0.107 e. The molecule has 0 N–H and O–H groups in total. The second-order valence-corrected chi connectivity index (χ2v) is 5.30. The molecule has 0 amide bonds. The first-order chi connectivity index (χ1) is 9.15. The number of rotatable bonds is 2. The van der Waals surface area contributed by atoms with Crippen molar-refractivity contribution in [3.05, 3.63) is 63.9 Å². The molecule has 1 heterocycles. The molecule has 0 atom stereocenters. The minimum Gasteiger partial charge on any atom is -0.324 e. The molecule has 3 rings (SSSR count). The van der Waals surface area contributed by atoms with Crippen molar-refractivity contribution in [3.63, 3.8) is 0 Å². The van der Waals surface area contributed by atoms with Crippen LogP contribution in [0.15, 0.2) is 42.5 Å². The quantitative estimate of drug-likeness (QED) is 0.669. The van der Waals surface area contributed by atoms with Crippen LogP contribution in [0.1, 0.15) is 11.4 Å². The van der Waals surface area contributed by atoms with Crippen LogP contribution < -0.4 is 0 Å². The zero-order valence-electron chi connectivity index (χ0n) is 10.4. The Bertz CT molecular complexity index is 747. The molecule has 19 heavy (non-hydrogen) atoms. The fourth-order valence-electron chi connectivity index (χ4n) is 2.22. The monoisotopic (exact) mass is 290 g/mol. The lowest BCUT2D eigenvalue weighted by Gasteiger charge is -2.08. The second-order valence-electron chi connectivity index (χ2n) is 4.48. The Balaban J connectivity index is 2.05. The molecule has 0 aliphatic carbocycles. The Morgan fingerprint density at radius 3 is 2.63 bits per heavy atom. The van der Waals surface area contributed by atoms with Crippen molar-refractivity contribution < 1.29 is 0 Å². The van der Waals surface area contributed by atoms with Crippen molar-refractivity contribution in [2.75, 3.05) is 0 Å². The molecule has 0 fully saturated rings. The van der Waals surface area contributed by atoms with Gasteiger partial charge in [0.2, 0.25) is 0 Å². The molecule has 0 spiro atoms. The number of nitrogens with zero attached hydrogens (tertiary/aromatic N) is 2. The summed E-state index contributed by atoms with van der Waals surface area (Å²) in [4.78, 5) is 4.55. The number of benzene rings is 2. The highest BCUT2D eigenvalue weighted by atomic mass is 35.5. The van der Waals surface area contributed by atoms with E-state index in [-0.39, 0.29) is 0 Å². The molecule has 0 bridgehead atoms. The first kappa shape index (κ1) is 12.5. The van der Waals surface area contributed by atoms with E-state index in [1.807, 2.05) is 43.3 Å². The van der Waals surface area contributed by atoms with Gasteiger partial charge >= 0.3 is 0 Å². The highest BCUT2D eigenvalue weighted by molar-refractivity contribution is 6.42. The summed E-state index contributed by atoms with van der Waals surface area (Å²) in [6.45, 7) is 2.75. The second kappa shape index (κ2) is 4.87. The highest BCUT2D eigenvalue weighted by Crippen LogP contribution is 2.24. The standard InChI is InChI=1S/C15H12Cl2N2/c1-10-18-14-4-2-3-5-15(14)19(10)9-11-6-7-12(16)13(17)8-11/h2-8H,9H2,1H3. The van der Waals surface area contributed by atoms with E-state index >= 15 is 0 Å². The summed E-state index contributed by atoms with van der Waals surface area (Å²) in [5.41, 5.74) is 3.26. The Kier molecular flexibility index (Phi) is 3.21. The predicted molar refractivity (Wildman–Crippen MR) is 80.0 cm³/mol. The van der Waals surface area contributed by atoms with Gasteiger partial charge in [0.05, 0.1) is 21.1 Å². The number of para-hydroxylation sites is 2. The summed E-state index contributed by atoms with van der Waals surface area (Å²) in [6.07, 6.45) is 0. The zero-order chi connectivity index (χ0) is 13.4. The van der Waals surface area contributed by atoms with Crippen LogP contribution >= 0.6 is 23.2 Å². The SMILES string of the molecule is Cc1nc2ccccc2n1Cc1ccc(Cl)c(Cl)c1. The van der Waals surface area contributed by atoms with Crippen molar-refractivity contribution in [1.82, 2.24) is 9.55 Å². The first-order valence-corrected chi connectivity index (χ1v) is 6.76. The molecule has 0 aliphatic rings. The van der Waals surface area contributed by atoms with Crippen molar-refractivity contribution >= 4 is 34.2 Å². The lowest BCUT2D eigenvalue weighted by Crippen LogP contribution is -2.01. The van der Waals surface area contributed by atoms with Crippen molar-refractivity contribution in [2.24, 2.45) is 0 Å². The summed E-state index contributed by atoms with van der Waals surface area (Å²) < 4.78 is 2.18. The first-order valence-electron chi connectivity index (χ1n) is 6.01. The molecule has 96 valence electrons. The Morgan fingerprint density at radius 2 is 1.84 bits per heavy atom. The molecule has 2 nitrogen and oxygen atoms in total. The number of fused-ring (bicyclic) bond motifs is 1. The third kappa shape index (κ3) is 2.34. The summed E-state index contributed by atoms with van der Waals surface area (Å²) in [6, 6.07) is 13.8. The minimum absolute atomic E-state index is 0.581. The van der Waals surface area contributed by atoms with Gasteiger partial charge in [-0.1, -0.05) is 41.4 Å². The van der Waals surface area contributed by atoms with Crippen LogP contribution in [0, 0.1) is 6.92 Å². The molecule has 0 radical (unpaired) electrons. The average molecular weight is 291 g/mol. The van der Waals surface area contributed by atoms with E-state index < -0.39 is 0 Å². The Morgan fingerprint density at radius 1 is 1.05 bits per heavy atom. The van der Waals surface area contributed by atoms with Crippen LogP contribution in [-0.4, -0.2) is 9.55 Å². The molecule has 3 aromatic rings. The lowest BCUT2D eigenvalue weighted by molar-refractivity contribution is 0.786. The Labute approximate surface area is 121 Å². The number of imidazole rings is 1. The van der Waals surface area contributed by atoms with Gasteiger partial charge in [-0.25, -0.2) is 4.98 Å². The fraction of sp³-hybridized carbons (Fsp3) is 0.133. The number of aromatic nitrogens is 2. The maximum atomic E-state index is 6.06. The minimum atomic E-state index is 0.581. The van der Waals surface area contributed by atoms with Crippen LogP contribution in [-0.2, 0) is 6.54 Å². The zero-order valence-corrected chi connectivity index (χ0v) is 11.9. The van der Waals surface area contributed by atoms with Crippen LogP contribution in [0.25, 0.3) is 11.0 Å². The van der Waals surface area contributed by atoms with Gasteiger partial charge in [0.1, 0.15) is 5.82 Å². The van der Waals surface area contributed by atoms with Gasteiger partial charge in [0, 0.05) is 6.54 Å². The van der Waals surface area contributed by atoms with Crippen LogP contribution in [0.5, 0.6) is 0 Å².